The lowest BCUT2D eigenvalue weighted by Gasteiger charge is -2.39. The quantitative estimate of drug-likeness (QED) is 0.604. The molecule has 2 rings (SSSR count). The van der Waals surface area contributed by atoms with Gasteiger partial charge in [0.25, 0.3) is 0 Å². The molecule has 128 valence electrons. The third kappa shape index (κ3) is 5.19. The second kappa shape index (κ2) is 9.25. The molecule has 0 amide bonds. The molecule has 0 saturated carbocycles. The first-order valence-corrected chi connectivity index (χ1v) is 9.08. The van der Waals surface area contributed by atoms with Crippen molar-refractivity contribution in [1.29, 1.82) is 0 Å². The Bertz CT molecular complexity index is 498. The van der Waals surface area contributed by atoms with Crippen LogP contribution in [0.5, 0.6) is 0 Å². The van der Waals surface area contributed by atoms with Crippen molar-refractivity contribution in [2.24, 2.45) is 4.99 Å². The average Bonchev–Trinajstić information content (AvgIpc) is 2.59. The van der Waals surface area contributed by atoms with Crippen LogP contribution >= 0.6 is 15.9 Å². The van der Waals surface area contributed by atoms with Crippen LogP contribution in [0.1, 0.15) is 25.5 Å². The summed E-state index contributed by atoms with van der Waals surface area (Å²) in [7, 11) is 0. The summed E-state index contributed by atoms with van der Waals surface area (Å²) < 4.78 is 1.12. The number of nitrogens with one attached hydrogen (secondary N) is 1. The number of hydrogen-bond donors (Lipinski definition) is 2. The molecule has 1 aromatic carbocycles. The van der Waals surface area contributed by atoms with Crippen molar-refractivity contribution >= 4 is 21.9 Å². The number of benzene rings is 1. The van der Waals surface area contributed by atoms with Gasteiger partial charge in [0.1, 0.15) is 0 Å². The van der Waals surface area contributed by atoms with E-state index in [9.17, 15) is 0 Å². The van der Waals surface area contributed by atoms with Crippen molar-refractivity contribution in [2.75, 3.05) is 45.9 Å². The molecule has 0 aromatic heterocycles. The molecule has 2 N–H and O–H groups in total. The van der Waals surface area contributed by atoms with Crippen molar-refractivity contribution < 1.29 is 5.11 Å². The zero-order chi connectivity index (χ0) is 16.7. The van der Waals surface area contributed by atoms with E-state index in [2.05, 4.69) is 74.2 Å². The second-order valence-corrected chi connectivity index (χ2v) is 6.63. The zero-order valence-electron chi connectivity index (χ0n) is 14.0. The lowest BCUT2D eigenvalue weighted by molar-refractivity contribution is 0.138. The predicted octanol–water partition coefficient (Wildman–Crippen LogP) is 2.09. The molecule has 0 bridgehead atoms. The highest BCUT2D eigenvalue weighted by atomic mass is 79.9. The number of rotatable bonds is 5. The Hall–Kier alpha value is -1.11. The molecule has 1 unspecified atom stereocenters. The Morgan fingerprint density at radius 1 is 1.26 bits per heavy atom. The maximum Gasteiger partial charge on any atom is 0.194 e. The van der Waals surface area contributed by atoms with Crippen molar-refractivity contribution in [2.45, 2.75) is 19.9 Å². The van der Waals surface area contributed by atoms with E-state index in [1.807, 2.05) is 0 Å². The lowest BCUT2D eigenvalue weighted by atomic mass is 10.1. The number of aliphatic hydroxyl groups excluding tert-OH is 1. The molecule has 1 aliphatic rings. The number of hydrogen-bond acceptors (Lipinski definition) is 3. The van der Waals surface area contributed by atoms with Gasteiger partial charge >= 0.3 is 0 Å². The maximum atomic E-state index is 8.98. The van der Waals surface area contributed by atoms with Crippen LogP contribution in [0.2, 0.25) is 0 Å². The van der Waals surface area contributed by atoms with E-state index in [1.54, 1.807) is 0 Å². The molecule has 0 radical (unpaired) electrons. The van der Waals surface area contributed by atoms with Crippen molar-refractivity contribution in [3.05, 3.63) is 34.3 Å². The summed E-state index contributed by atoms with van der Waals surface area (Å²) in [5, 5.41) is 12.3. The third-order valence-corrected chi connectivity index (χ3v) is 4.74. The second-order valence-electron chi connectivity index (χ2n) is 5.71. The fourth-order valence-electron chi connectivity index (χ4n) is 2.85. The largest absolute Gasteiger partial charge is 0.394 e. The number of piperazine rings is 1. The van der Waals surface area contributed by atoms with E-state index < -0.39 is 0 Å². The number of halogens is 1. The Labute approximate surface area is 147 Å². The average molecular weight is 383 g/mol. The van der Waals surface area contributed by atoms with Crippen LogP contribution < -0.4 is 5.32 Å². The Kier molecular flexibility index (Phi) is 7.33. The highest BCUT2D eigenvalue weighted by molar-refractivity contribution is 9.10. The summed E-state index contributed by atoms with van der Waals surface area (Å²) in [6.07, 6.45) is 0. The first kappa shape index (κ1) is 18.2. The van der Waals surface area contributed by atoms with Gasteiger partial charge < -0.3 is 15.3 Å². The summed E-state index contributed by atoms with van der Waals surface area (Å²) in [4.78, 5) is 9.24. The maximum absolute atomic E-state index is 8.98. The van der Waals surface area contributed by atoms with Crippen LogP contribution in [0.4, 0.5) is 0 Å². The van der Waals surface area contributed by atoms with E-state index in [1.165, 1.54) is 5.56 Å². The molecule has 5 nitrogen and oxygen atoms in total. The van der Waals surface area contributed by atoms with E-state index in [-0.39, 0.29) is 6.61 Å². The summed E-state index contributed by atoms with van der Waals surface area (Å²) in [6, 6.07) is 9.00. The molecule has 0 spiro atoms. The topological polar surface area (TPSA) is 51.1 Å². The summed E-state index contributed by atoms with van der Waals surface area (Å²) in [6.45, 7) is 9.68. The minimum absolute atomic E-state index is 0.0927. The molecule has 1 atom stereocenters. The van der Waals surface area contributed by atoms with Gasteiger partial charge in [-0.25, -0.2) is 0 Å². The number of nitrogens with zero attached hydrogens (tertiary/aromatic N) is 3. The Morgan fingerprint density at radius 3 is 2.48 bits per heavy atom. The van der Waals surface area contributed by atoms with Crippen LogP contribution in [0, 0.1) is 0 Å². The van der Waals surface area contributed by atoms with Crippen LogP contribution in [-0.4, -0.2) is 66.7 Å². The van der Waals surface area contributed by atoms with Gasteiger partial charge in [-0.15, -0.1) is 0 Å². The van der Waals surface area contributed by atoms with Crippen molar-refractivity contribution in [1.82, 2.24) is 15.1 Å². The number of guanidine groups is 1. The van der Waals surface area contributed by atoms with Gasteiger partial charge in [-0.2, -0.15) is 0 Å². The Balaban J connectivity index is 1.93. The van der Waals surface area contributed by atoms with Crippen molar-refractivity contribution in [3.8, 4) is 0 Å². The SMILES string of the molecule is CCNC(=NCCO)N1CCN(C(C)c2ccc(Br)cc2)CC1. The highest BCUT2D eigenvalue weighted by Crippen LogP contribution is 2.23. The molecule has 23 heavy (non-hydrogen) atoms. The fraction of sp³-hybridized carbons (Fsp3) is 0.588. The fourth-order valence-corrected chi connectivity index (χ4v) is 3.12. The zero-order valence-corrected chi connectivity index (χ0v) is 15.6. The van der Waals surface area contributed by atoms with Gasteiger partial charge in [0, 0.05) is 43.2 Å². The molecule has 1 fully saturated rings. The first-order valence-electron chi connectivity index (χ1n) is 8.29. The first-order chi connectivity index (χ1) is 11.2. The number of aliphatic imine (C=N–C) groups is 1. The van der Waals surface area contributed by atoms with Crippen LogP contribution in [-0.2, 0) is 0 Å². The molecule has 1 saturated heterocycles. The Morgan fingerprint density at radius 2 is 1.91 bits per heavy atom. The van der Waals surface area contributed by atoms with E-state index in [0.717, 1.165) is 43.2 Å². The lowest BCUT2D eigenvalue weighted by Crippen LogP contribution is -2.52. The minimum Gasteiger partial charge on any atom is -0.394 e. The highest BCUT2D eigenvalue weighted by Gasteiger charge is 2.23. The third-order valence-electron chi connectivity index (χ3n) is 4.21. The van der Waals surface area contributed by atoms with Gasteiger partial charge in [-0.05, 0) is 31.5 Å². The molecular weight excluding hydrogens is 356 g/mol. The van der Waals surface area contributed by atoms with E-state index in [4.69, 9.17) is 5.11 Å². The summed E-state index contributed by atoms with van der Waals surface area (Å²) in [5.74, 6) is 0.914. The van der Waals surface area contributed by atoms with Crippen molar-refractivity contribution in [3.63, 3.8) is 0 Å². The standard InChI is InChI=1S/C17H27BrN4O/c1-3-19-17(20-8-13-23)22-11-9-21(10-12-22)14(2)15-4-6-16(18)7-5-15/h4-7,14,23H,3,8-13H2,1-2H3,(H,19,20). The van der Waals surface area contributed by atoms with Crippen LogP contribution in [0.15, 0.2) is 33.7 Å². The molecule has 0 aliphatic carbocycles. The smallest absolute Gasteiger partial charge is 0.194 e. The van der Waals surface area contributed by atoms with Gasteiger partial charge in [0.2, 0.25) is 0 Å². The summed E-state index contributed by atoms with van der Waals surface area (Å²) in [5.41, 5.74) is 1.35. The molecule has 1 aliphatic heterocycles. The molecule has 1 aromatic rings. The normalized spacial score (nSPS) is 18.1. The molecule has 6 heteroatoms. The number of aliphatic hydroxyl groups is 1. The molecule has 1 heterocycles. The summed E-state index contributed by atoms with van der Waals surface area (Å²) >= 11 is 3.49. The van der Waals surface area contributed by atoms with Crippen LogP contribution in [0.25, 0.3) is 0 Å². The molecular formula is C17H27BrN4O. The monoisotopic (exact) mass is 382 g/mol. The van der Waals surface area contributed by atoms with Gasteiger partial charge in [-0.1, -0.05) is 28.1 Å². The van der Waals surface area contributed by atoms with E-state index >= 15 is 0 Å². The van der Waals surface area contributed by atoms with Gasteiger partial charge in [0.15, 0.2) is 5.96 Å². The predicted molar refractivity (Wildman–Crippen MR) is 98.8 cm³/mol. The van der Waals surface area contributed by atoms with Gasteiger partial charge in [-0.3, -0.25) is 9.89 Å². The van der Waals surface area contributed by atoms with E-state index in [0.29, 0.717) is 12.6 Å². The van der Waals surface area contributed by atoms with Gasteiger partial charge in [0.05, 0.1) is 13.2 Å². The van der Waals surface area contributed by atoms with Crippen LogP contribution in [0.3, 0.4) is 0 Å². The minimum atomic E-state index is 0.0927.